The zero-order valence-electron chi connectivity index (χ0n) is 21.0. The fourth-order valence-corrected chi connectivity index (χ4v) is 3.37. The third-order valence-electron chi connectivity index (χ3n) is 5.00. The van der Waals surface area contributed by atoms with Gasteiger partial charge >= 0.3 is 6.03 Å². The second kappa shape index (κ2) is 18.6. The molecular weight excluding hydrogens is 412 g/mol. The van der Waals surface area contributed by atoms with Crippen LogP contribution in [-0.4, -0.2) is 40.7 Å². The Morgan fingerprint density at radius 2 is 1.39 bits per heavy atom. The van der Waals surface area contributed by atoms with Gasteiger partial charge in [-0.3, -0.25) is 19.4 Å². The third kappa shape index (κ3) is 11.0. The van der Waals surface area contributed by atoms with Crippen molar-refractivity contribution in [1.82, 2.24) is 9.80 Å². The fraction of sp³-hybridized carbons (Fsp3) is 0.464. The van der Waals surface area contributed by atoms with Crippen molar-refractivity contribution >= 4 is 17.8 Å². The van der Waals surface area contributed by atoms with E-state index in [4.69, 9.17) is 0 Å². The summed E-state index contributed by atoms with van der Waals surface area (Å²) in [6, 6.07) is 9.65. The molecular formula is C28H42N2O3. The maximum Gasteiger partial charge on any atom is 0.333 e. The molecule has 1 fully saturated rings. The number of nitrogens with zero attached hydrogens (tertiary/aromatic N) is 2. The average molecular weight is 455 g/mol. The summed E-state index contributed by atoms with van der Waals surface area (Å²) in [4.78, 5) is 39.5. The van der Waals surface area contributed by atoms with Gasteiger partial charge < -0.3 is 0 Å². The lowest BCUT2D eigenvalue weighted by atomic mass is 10.1. The Bertz CT molecular complexity index is 769. The van der Waals surface area contributed by atoms with Gasteiger partial charge in [0, 0.05) is 13.1 Å². The molecule has 0 bridgehead atoms. The molecule has 1 heterocycles. The molecule has 1 aromatic rings. The Balaban J connectivity index is 0.00000242. The number of allylic oxidation sites excluding steroid dienone is 4. The first kappa shape index (κ1) is 30.0. The van der Waals surface area contributed by atoms with E-state index in [1.54, 1.807) is 12.2 Å². The van der Waals surface area contributed by atoms with Gasteiger partial charge in [0.15, 0.2) is 0 Å². The van der Waals surface area contributed by atoms with Gasteiger partial charge in [0.2, 0.25) is 11.8 Å². The molecule has 2 rings (SSSR count). The molecule has 5 nitrogen and oxygen atoms in total. The number of unbranched alkanes of at least 4 members (excludes halogenated alkanes) is 2. The average Bonchev–Trinajstić information content (AvgIpc) is 2.85. The van der Waals surface area contributed by atoms with E-state index in [2.05, 4.69) is 25.3 Å². The van der Waals surface area contributed by atoms with Crippen LogP contribution in [0.4, 0.5) is 4.79 Å². The lowest BCUT2D eigenvalue weighted by molar-refractivity contribution is -0.142. The molecule has 1 aromatic carbocycles. The Morgan fingerprint density at radius 1 is 0.848 bits per heavy atom. The number of urea groups is 1. The highest BCUT2D eigenvalue weighted by Crippen LogP contribution is 2.16. The van der Waals surface area contributed by atoms with Crippen molar-refractivity contribution in [2.24, 2.45) is 0 Å². The monoisotopic (exact) mass is 454 g/mol. The van der Waals surface area contributed by atoms with Crippen LogP contribution in [0.2, 0.25) is 0 Å². The van der Waals surface area contributed by atoms with E-state index in [0.29, 0.717) is 19.5 Å². The maximum absolute atomic E-state index is 12.7. The topological polar surface area (TPSA) is 57.7 Å². The summed E-state index contributed by atoms with van der Waals surface area (Å²) in [6.45, 7) is 16.1. The van der Waals surface area contributed by atoms with Crippen LogP contribution >= 0.6 is 0 Å². The molecule has 0 unspecified atom stereocenters. The van der Waals surface area contributed by atoms with E-state index in [9.17, 15) is 14.4 Å². The number of aryl methyl sites for hydroxylation is 1. The van der Waals surface area contributed by atoms with Gasteiger partial charge in [-0.2, -0.15) is 0 Å². The number of imide groups is 2. The third-order valence-corrected chi connectivity index (χ3v) is 5.00. The minimum atomic E-state index is -0.475. The van der Waals surface area contributed by atoms with Crippen molar-refractivity contribution in [2.75, 3.05) is 13.1 Å². The van der Waals surface area contributed by atoms with Gasteiger partial charge in [-0.15, -0.1) is 0 Å². The molecule has 0 aliphatic carbocycles. The summed E-state index contributed by atoms with van der Waals surface area (Å²) in [5, 5.41) is 0. The first-order chi connectivity index (χ1) is 16.1. The Hall–Kier alpha value is -2.95. The quantitative estimate of drug-likeness (QED) is 0.200. The number of benzene rings is 1. The number of rotatable bonds is 12. The van der Waals surface area contributed by atoms with E-state index in [-0.39, 0.29) is 12.3 Å². The van der Waals surface area contributed by atoms with Crippen LogP contribution in [0.25, 0.3) is 0 Å². The van der Waals surface area contributed by atoms with Crippen molar-refractivity contribution in [1.29, 1.82) is 0 Å². The molecule has 0 spiro atoms. The molecule has 1 aliphatic heterocycles. The van der Waals surface area contributed by atoms with E-state index >= 15 is 0 Å². The van der Waals surface area contributed by atoms with Gasteiger partial charge in [-0.05, 0) is 49.7 Å². The number of hydrogen-bond acceptors (Lipinski definition) is 3. The Labute approximate surface area is 200 Å². The van der Waals surface area contributed by atoms with E-state index in [0.717, 1.165) is 37.7 Å². The largest absolute Gasteiger partial charge is 0.333 e. The van der Waals surface area contributed by atoms with E-state index in [1.807, 2.05) is 52.0 Å². The first-order valence-corrected chi connectivity index (χ1v) is 12.2. The molecule has 182 valence electrons. The lowest BCUT2D eigenvalue weighted by Gasteiger charge is -2.32. The molecule has 33 heavy (non-hydrogen) atoms. The van der Waals surface area contributed by atoms with Crippen LogP contribution in [0.3, 0.4) is 0 Å². The van der Waals surface area contributed by atoms with Gasteiger partial charge in [0.25, 0.3) is 0 Å². The maximum atomic E-state index is 12.7. The van der Waals surface area contributed by atoms with Crippen molar-refractivity contribution in [3.8, 4) is 0 Å². The van der Waals surface area contributed by atoms with E-state index < -0.39 is 11.9 Å². The Kier molecular flexibility index (Phi) is 16.9. The van der Waals surface area contributed by atoms with Gasteiger partial charge in [-0.1, -0.05) is 89.4 Å². The van der Waals surface area contributed by atoms with Crippen molar-refractivity contribution < 1.29 is 14.4 Å². The number of amides is 4. The number of carbonyl (C=O) groups excluding carboxylic acids is 3. The first-order valence-electron chi connectivity index (χ1n) is 12.2. The van der Waals surface area contributed by atoms with Crippen LogP contribution in [-0.2, 0) is 16.0 Å². The van der Waals surface area contributed by atoms with E-state index in [1.165, 1.54) is 15.4 Å². The lowest BCUT2D eigenvalue weighted by Crippen LogP contribution is -2.55. The minimum absolute atomic E-state index is 0.224. The highest BCUT2D eigenvalue weighted by Gasteiger charge is 2.36. The molecule has 0 saturated carbocycles. The standard InChI is InChI=1S/C24H30N2O3.2C2H6/c1-3-12-20(4-2)13-8-10-17-25-22(27)19-23(28)26(24(25)29)18-11-9-16-21-14-6-5-7-15-21;2*1-2/h3-7,12,14-15H,1-2,8-11,13,16-19H2;2*1-2H3/b20-12+;;. The number of barbiturate groups is 1. The summed E-state index contributed by atoms with van der Waals surface area (Å²) in [7, 11) is 0. The van der Waals surface area contributed by atoms with Crippen LogP contribution < -0.4 is 0 Å². The molecule has 1 aliphatic rings. The molecule has 0 radical (unpaired) electrons. The summed E-state index contributed by atoms with van der Waals surface area (Å²) >= 11 is 0. The van der Waals surface area contributed by atoms with Crippen molar-refractivity contribution in [3.05, 3.63) is 72.9 Å². The van der Waals surface area contributed by atoms with Crippen LogP contribution in [0.1, 0.15) is 71.8 Å². The number of hydrogen-bond donors (Lipinski definition) is 0. The van der Waals surface area contributed by atoms with Crippen molar-refractivity contribution in [3.63, 3.8) is 0 Å². The number of carbonyl (C=O) groups is 3. The van der Waals surface area contributed by atoms with Crippen molar-refractivity contribution in [2.45, 2.75) is 72.6 Å². The van der Waals surface area contributed by atoms with Gasteiger partial charge in [0.1, 0.15) is 6.42 Å². The zero-order valence-corrected chi connectivity index (χ0v) is 21.0. The minimum Gasteiger partial charge on any atom is -0.274 e. The molecule has 4 amide bonds. The molecule has 0 aromatic heterocycles. The smallest absolute Gasteiger partial charge is 0.274 e. The molecule has 0 atom stereocenters. The zero-order chi connectivity index (χ0) is 25.1. The van der Waals surface area contributed by atoms with Crippen LogP contribution in [0.15, 0.2) is 67.3 Å². The predicted octanol–water partition coefficient (Wildman–Crippen LogP) is 6.71. The molecule has 1 saturated heterocycles. The molecule has 5 heteroatoms. The fourth-order valence-electron chi connectivity index (χ4n) is 3.37. The normalized spacial score (nSPS) is 13.6. The second-order valence-corrected chi connectivity index (χ2v) is 7.13. The Morgan fingerprint density at radius 3 is 1.91 bits per heavy atom. The summed E-state index contributed by atoms with van der Waals surface area (Å²) in [5.74, 6) is -0.787. The molecule has 0 N–H and O–H groups in total. The SMILES string of the molecule is C=C/C=C(\C=C)CCCCN1C(=O)CC(=O)N(CCCCc2ccccc2)C1=O.CC.CC. The van der Waals surface area contributed by atoms with Gasteiger partial charge in [-0.25, -0.2) is 4.79 Å². The summed E-state index contributed by atoms with van der Waals surface area (Å²) < 4.78 is 0. The van der Waals surface area contributed by atoms with Gasteiger partial charge in [0.05, 0.1) is 0 Å². The second-order valence-electron chi connectivity index (χ2n) is 7.13. The summed E-state index contributed by atoms with van der Waals surface area (Å²) in [6.07, 6.45) is 10.0. The van der Waals surface area contributed by atoms with Crippen LogP contribution in [0, 0.1) is 0 Å². The highest BCUT2D eigenvalue weighted by atomic mass is 16.2. The van der Waals surface area contributed by atoms with Crippen LogP contribution in [0.5, 0.6) is 0 Å². The highest BCUT2D eigenvalue weighted by molar-refractivity contribution is 6.14. The summed E-state index contributed by atoms with van der Waals surface area (Å²) in [5.41, 5.74) is 2.32. The predicted molar refractivity (Wildman–Crippen MR) is 138 cm³/mol.